The zero-order valence-electron chi connectivity index (χ0n) is 21.5. The summed E-state index contributed by atoms with van der Waals surface area (Å²) in [5.74, 6) is 0.427. The van der Waals surface area contributed by atoms with Crippen LogP contribution in [0, 0.1) is 0 Å². The molecular formula is C30H41N3O2. The van der Waals surface area contributed by atoms with Crippen LogP contribution in [0.2, 0.25) is 0 Å². The zero-order valence-corrected chi connectivity index (χ0v) is 21.5. The van der Waals surface area contributed by atoms with Gasteiger partial charge in [-0.1, -0.05) is 62.6 Å². The van der Waals surface area contributed by atoms with Crippen molar-refractivity contribution >= 4 is 11.8 Å². The van der Waals surface area contributed by atoms with Crippen LogP contribution in [0.3, 0.4) is 0 Å². The second-order valence-electron chi connectivity index (χ2n) is 10.7. The lowest BCUT2D eigenvalue weighted by molar-refractivity contribution is 0.0834. The number of nitrogens with zero attached hydrogens (tertiary/aromatic N) is 3. The number of ether oxygens (including phenoxy) is 1. The highest BCUT2D eigenvalue weighted by Gasteiger charge is 2.31. The maximum atomic E-state index is 13.1. The van der Waals surface area contributed by atoms with Crippen molar-refractivity contribution in [3.63, 3.8) is 0 Å². The Bertz CT molecular complexity index is 980. The topological polar surface area (TPSA) is 36.0 Å². The smallest absolute Gasteiger partial charge is 0.410 e. The Balaban J connectivity index is 1.27. The lowest BCUT2D eigenvalue weighted by Crippen LogP contribution is -2.50. The first-order chi connectivity index (χ1) is 17.1. The molecule has 2 heterocycles. The van der Waals surface area contributed by atoms with E-state index in [2.05, 4.69) is 41.8 Å². The fraction of sp³-hybridized carbons (Fsp3) is 0.567. The highest BCUT2D eigenvalue weighted by molar-refractivity contribution is 5.69. The van der Waals surface area contributed by atoms with Crippen molar-refractivity contribution < 1.29 is 9.53 Å². The monoisotopic (exact) mass is 475 g/mol. The number of hydrogen-bond acceptors (Lipinski definition) is 4. The van der Waals surface area contributed by atoms with Crippen LogP contribution in [0.15, 0.2) is 48.5 Å². The average molecular weight is 476 g/mol. The van der Waals surface area contributed by atoms with Crippen LogP contribution in [-0.4, -0.2) is 54.7 Å². The summed E-state index contributed by atoms with van der Waals surface area (Å²) < 4.78 is 5.73. The van der Waals surface area contributed by atoms with E-state index in [1.54, 1.807) is 0 Å². The van der Waals surface area contributed by atoms with E-state index in [0.29, 0.717) is 12.5 Å². The summed E-state index contributed by atoms with van der Waals surface area (Å²) in [5, 5.41) is 0. The molecule has 0 N–H and O–H groups in total. The molecule has 188 valence electrons. The average Bonchev–Trinajstić information content (AvgIpc) is 3.04. The summed E-state index contributed by atoms with van der Waals surface area (Å²) in [7, 11) is 0. The third-order valence-electron chi connectivity index (χ3n) is 8.53. The fourth-order valence-electron chi connectivity index (χ4n) is 6.26. The molecule has 2 atom stereocenters. The first kappa shape index (κ1) is 24.2. The fourth-order valence-corrected chi connectivity index (χ4v) is 6.26. The van der Waals surface area contributed by atoms with Gasteiger partial charge in [-0.3, -0.25) is 4.90 Å². The van der Waals surface area contributed by atoms with Gasteiger partial charge in [-0.2, -0.15) is 0 Å². The SMILES string of the molecule is C[C@@H]1c2cc(N3CCN(C4CCCCC4)CC3)ccc2[C@@H](C)CCN1C(=O)OCc1ccccc1. The number of anilines is 1. The van der Waals surface area contributed by atoms with Crippen molar-refractivity contribution in [2.24, 2.45) is 0 Å². The van der Waals surface area contributed by atoms with Gasteiger partial charge in [0.2, 0.25) is 0 Å². The number of benzene rings is 2. The molecule has 2 aliphatic heterocycles. The minimum Gasteiger partial charge on any atom is -0.445 e. The van der Waals surface area contributed by atoms with Crippen LogP contribution < -0.4 is 4.90 Å². The van der Waals surface area contributed by atoms with Gasteiger partial charge >= 0.3 is 6.09 Å². The van der Waals surface area contributed by atoms with Crippen molar-refractivity contribution in [1.82, 2.24) is 9.80 Å². The summed E-state index contributed by atoms with van der Waals surface area (Å²) in [6, 6.07) is 17.7. The second kappa shape index (κ2) is 11.0. The van der Waals surface area contributed by atoms with E-state index in [1.807, 2.05) is 35.2 Å². The van der Waals surface area contributed by atoms with Crippen molar-refractivity contribution in [2.75, 3.05) is 37.6 Å². The molecule has 1 saturated heterocycles. The van der Waals surface area contributed by atoms with E-state index in [-0.39, 0.29) is 12.1 Å². The first-order valence-corrected chi connectivity index (χ1v) is 13.7. The zero-order chi connectivity index (χ0) is 24.2. The predicted molar refractivity (Wildman–Crippen MR) is 142 cm³/mol. The van der Waals surface area contributed by atoms with Crippen molar-refractivity contribution in [3.05, 3.63) is 65.2 Å². The van der Waals surface area contributed by atoms with Crippen molar-refractivity contribution in [3.8, 4) is 0 Å². The lowest BCUT2D eigenvalue weighted by Gasteiger charge is -2.41. The maximum absolute atomic E-state index is 13.1. The van der Waals surface area contributed by atoms with Crippen LogP contribution in [-0.2, 0) is 11.3 Å². The highest BCUT2D eigenvalue weighted by atomic mass is 16.6. The Hall–Kier alpha value is -2.53. The molecule has 1 saturated carbocycles. The van der Waals surface area contributed by atoms with Crippen LogP contribution in [0.1, 0.15) is 81.0 Å². The maximum Gasteiger partial charge on any atom is 0.410 e. The lowest BCUT2D eigenvalue weighted by atomic mass is 9.91. The van der Waals surface area contributed by atoms with Crippen LogP contribution in [0.25, 0.3) is 0 Å². The number of carbonyl (C=O) groups excluding carboxylic acids is 1. The number of carbonyl (C=O) groups is 1. The molecular weight excluding hydrogens is 434 g/mol. The molecule has 35 heavy (non-hydrogen) atoms. The second-order valence-corrected chi connectivity index (χ2v) is 10.7. The van der Waals surface area contributed by atoms with Gasteiger partial charge in [0.15, 0.2) is 0 Å². The standard InChI is InChI=1S/C30H41N3O2/c1-23-15-16-33(30(34)35-22-25-9-5-3-6-10-25)24(2)29-21-27(13-14-28(23)29)32-19-17-31(18-20-32)26-11-7-4-8-12-26/h3,5-6,9-10,13-14,21,23-24,26H,4,7-8,11-12,15-20,22H2,1-2H3/t23-,24+/m0/s1. The van der Waals surface area contributed by atoms with E-state index in [4.69, 9.17) is 4.74 Å². The normalized spacial score (nSPS) is 24.1. The molecule has 1 amide bonds. The van der Waals surface area contributed by atoms with Gasteiger partial charge in [0, 0.05) is 44.5 Å². The molecule has 5 rings (SSSR count). The van der Waals surface area contributed by atoms with Gasteiger partial charge in [-0.15, -0.1) is 0 Å². The number of piperazine rings is 1. The quantitative estimate of drug-likeness (QED) is 0.516. The third-order valence-corrected chi connectivity index (χ3v) is 8.53. The van der Waals surface area contributed by atoms with Gasteiger partial charge in [0.1, 0.15) is 6.61 Å². The molecule has 5 nitrogen and oxygen atoms in total. The Morgan fingerprint density at radius 2 is 1.60 bits per heavy atom. The van der Waals surface area contributed by atoms with E-state index >= 15 is 0 Å². The summed E-state index contributed by atoms with van der Waals surface area (Å²) in [6.45, 7) is 9.97. The number of rotatable bonds is 4. The number of hydrogen-bond donors (Lipinski definition) is 0. The van der Waals surface area contributed by atoms with Crippen molar-refractivity contribution in [1.29, 1.82) is 0 Å². The molecule has 2 aromatic carbocycles. The molecule has 2 aromatic rings. The summed E-state index contributed by atoms with van der Waals surface area (Å²) >= 11 is 0. The van der Waals surface area contributed by atoms with Gasteiger partial charge in [-0.25, -0.2) is 4.79 Å². The van der Waals surface area contributed by atoms with E-state index in [1.165, 1.54) is 48.9 Å². The van der Waals surface area contributed by atoms with E-state index in [0.717, 1.165) is 50.7 Å². The van der Waals surface area contributed by atoms with E-state index < -0.39 is 0 Å². The van der Waals surface area contributed by atoms with Crippen LogP contribution >= 0.6 is 0 Å². The number of fused-ring (bicyclic) bond motifs is 1. The molecule has 0 radical (unpaired) electrons. The Labute approximate surface area is 211 Å². The molecule has 0 bridgehead atoms. The first-order valence-electron chi connectivity index (χ1n) is 13.7. The summed E-state index contributed by atoms with van der Waals surface area (Å²) in [5.41, 5.74) is 4.97. The minimum absolute atomic E-state index is 0.00158. The largest absolute Gasteiger partial charge is 0.445 e. The van der Waals surface area contributed by atoms with Crippen LogP contribution in [0.5, 0.6) is 0 Å². The van der Waals surface area contributed by atoms with Gasteiger partial charge in [0.05, 0.1) is 6.04 Å². The summed E-state index contributed by atoms with van der Waals surface area (Å²) in [6.07, 6.45) is 7.71. The van der Waals surface area contributed by atoms with E-state index in [9.17, 15) is 4.79 Å². The van der Waals surface area contributed by atoms with Gasteiger partial charge in [0.25, 0.3) is 0 Å². The van der Waals surface area contributed by atoms with Gasteiger partial charge < -0.3 is 14.5 Å². The Kier molecular flexibility index (Phi) is 7.62. The molecule has 0 unspecified atom stereocenters. The minimum atomic E-state index is -0.215. The van der Waals surface area contributed by atoms with Gasteiger partial charge in [-0.05, 0) is 60.9 Å². The Morgan fingerprint density at radius 3 is 2.34 bits per heavy atom. The van der Waals surface area contributed by atoms with Crippen LogP contribution in [0.4, 0.5) is 10.5 Å². The third kappa shape index (κ3) is 5.50. The molecule has 1 aliphatic carbocycles. The molecule has 0 spiro atoms. The Morgan fingerprint density at radius 1 is 0.857 bits per heavy atom. The summed E-state index contributed by atoms with van der Waals surface area (Å²) in [4.78, 5) is 20.3. The molecule has 0 aromatic heterocycles. The molecule has 5 heteroatoms. The molecule has 3 aliphatic rings. The highest BCUT2D eigenvalue weighted by Crippen LogP contribution is 2.37. The predicted octanol–water partition coefficient (Wildman–Crippen LogP) is 6.35. The van der Waals surface area contributed by atoms with Crippen molar-refractivity contribution in [2.45, 2.75) is 77.0 Å². The molecule has 2 fully saturated rings. The number of amides is 1.